The zero-order chi connectivity index (χ0) is 19.8. The van der Waals surface area contributed by atoms with Crippen molar-refractivity contribution in [3.63, 3.8) is 0 Å². The summed E-state index contributed by atoms with van der Waals surface area (Å²) in [6.07, 6.45) is 3.52. The van der Waals surface area contributed by atoms with Crippen molar-refractivity contribution in [2.45, 2.75) is 12.8 Å². The van der Waals surface area contributed by atoms with Gasteiger partial charge in [-0.05, 0) is 36.9 Å². The second kappa shape index (κ2) is 7.11. The fraction of sp³-hybridized carbons (Fsp3) is 0.125. The van der Waals surface area contributed by atoms with Gasteiger partial charge in [-0.25, -0.2) is 4.79 Å². The molecule has 0 saturated heterocycles. The summed E-state index contributed by atoms with van der Waals surface area (Å²) < 4.78 is 1.78. The SMILES string of the molecule is NCCCc1[nH]c2ccccc2c1-c1c[nH]c(=O)n1-c1cccc2ccccc12. The van der Waals surface area contributed by atoms with Gasteiger partial charge in [-0.3, -0.25) is 4.57 Å². The molecular formula is C24H22N4O. The lowest BCUT2D eigenvalue weighted by molar-refractivity contribution is 0.818. The molecule has 0 fully saturated rings. The van der Waals surface area contributed by atoms with E-state index in [2.05, 4.69) is 40.3 Å². The van der Waals surface area contributed by atoms with Crippen molar-refractivity contribution < 1.29 is 0 Å². The van der Waals surface area contributed by atoms with Gasteiger partial charge in [-0.1, -0.05) is 54.6 Å². The first-order chi connectivity index (χ1) is 14.3. The molecule has 0 aliphatic heterocycles. The molecule has 0 saturated carbocycles. The van der Waals surface area contributed by atoms with Crippen LogP contribution in [0.15, 0.2) is 77.7 Å². The molecule has 4 N–H and O–H groups in total. The minimum absolute atomic E-state index is 0.147. The van der Waals surface area contributed by atoms with Crippen LogP contribution in [0.25, 0.3) is 38.6 Å². The van der Waals surface area contributed by atoms with Crippen molar-refractivity contribution in [2.24, 2.45) is 5.73 Å². The third-order valence-electron chi connectivity index (χ3n) is 5.45. The van der Waals surface area contributed by atoms with Crippen molar-refractivity contribution in [2.75, 3.05) is 6.54 Å². The van der Waals surface area contributed by atoms with Gasteiger partial charge in [0.1, 0.15) is 0 Å². The van der Waals surface area contributed by atoms with Crippen LogP contribution in [0, 0.1) is 0 Å². The molecule has 0 amide bonds. The Morgan fingerprint density at radius 3 is 2.52 bits per heavy atom. The van der Waals surface area contributed by atoms with Crippen LogP contribution in [0.1, 0.15) is 12.1 Å². The topological polar surface area (TPSA) is 79.6 Å². The zero-order valence-electron chi connectivity index (χ0n) is 16.0. The molecule has 0 aliphatic carbocycles. The molecule has 2 aromatic heterocycles. The molecule has 5 heteroatoms. The Hall–Kier alpha value is -3.57. The quantitative estimate of drug-likeness (QED) is 0.422. The number of imidazole rings is 1. The molecule has 0 atom stereocenters. The number of rotatable bonds is 5. The molecule has 0 spiro atoms. The molecule has 2 heterocycles. The molecule has 29 heavy (non-hydrogen) atoms. The number of nitrogens with one attached hydrogen (secondary N) is 2. The van der Waals surface area contributed by atoms with Crippen LogP contribution in [-0.4, -0.2) is 21.1 Å². The summed E-state index contributed by atoms with van der Waals surface area (Å²) in [5, 5.41) is 3.25. The molecule has 0 unspecified atom stereocenters. The van der Waals surface area contributed by atoms with E-state index in [4.69, 9.17) is 5.73 Å². The minimum Gasteiger partial charge on any atom is -0.358 e. The summed E-state index contributed by atoms with van der Waals surface area (Å²) in [6, 6.07) is 22.4. The van der Waals surface area contributed by atoms with E-state index in [1.807, 2.05) is 42.6 Å². The van der Waals surface area contributed by atoms with Gasteiger partial charge in [0.2, 0.25) is 0 Å². The number of H-pyrrole nitrogens is 2. The monoisotopic (exact) mass is 382 g/mol. The fourth-order valence-corrected chi connectivity index (χ4v) is 4.15. The highest BCUT2D eigenvalue weighted by atomic mass is 16.1. The molecule has 5 nitrogen and oxygen atoms in total. The summed E-state index contributed by atoms with van der Waals surface area (Å²) in [4.78, 5) is 19.4. The largest absolute Gasteiger partial charge is 0.358 e. The van der Waals surface area contributed by atoms with Crippen LogP contribution in [0.5, 0.6) is 0 Å². The summed E-state index contributed by atoms with van der Waals surface area (Å²) in [6.45, 7) is 0.623. The van der Waals surface area contributed by atoms with Crippen LogP contribution in [-0.2, 0) is 6.42 Å². The number of nitrogens with two attached hydrogens (primary N) is 1. The van der Waals surface area contributed by atoms with E-state index >= 15 is 0 Å². The zero-order valence-corrected chi connectivity index (χ0v) is 16.0. The smallest absolute Gasteiger partial charge is 0.330 e. The Morgan fingerprint density at radius 2 is 1.66 bits per heavy atom. The lowest BCUT2D eigenvalue weighted by atomic mass is 10.0. The molecule has 0 aliphatic rings. The van der Waals surface area contributed by atoms with Gasteiger partial charge < -0.3 is 15.7 Å². The van der Waals surface area contributed by atoms with E-state index < -0.39 is 0 Å². The maximum absolute atomic E-state index is 12.9. The highest BCUT2D eigenvalue weighted by Crippen LogP contribution is 2.34. The average Bonchev–Trinajstić information content (AvgIpc) is 3.31. The molecule has 0 radical (unpaired) electrons. The van der Waals surface area contributed by atoms with Crippen LogP contribution in [0.2, 0.25) is 0 Å². The van der Waals surface area contributed by atoms with E-state index in [0.29, 0.717) is 6.54 Å². The first-order valence-corrected chi connectivity index (χ1v) is 9.86. The van der Waals surface area contributed by atoms with Crippen molar-refractivity contribution in [3.05, 3.63) is 89.1 Å². The molecular weight excluding hydrogens is 360 g/mol. The fourth-order valence-electron chi connectivity index (χ4n) is 4.15. The number of aromatic nitrogens is 3. The van der Waals surface area contributed by atoms with Gasteiger partial charge in [0.05, 0.1) is 11.4 Å². The molecule has 3 aromatic carbocycles. The van der Waals surface area contributed by atoms with Gasteiger partial charge in [-0.15, -0.1) is 0 Å². The third kappa shape index (κ3) is 2.87. The van der Waals surface area contributed by atoms with Crippen LogP contribution in [0.4, 0.5) is 0 Å². The van der Waals surface area contributed by atoms with E-state index in [-0.39, 0.29) is 5.69 Å². The maximum atomic E-state index is 12.9. The van der Waals surface area contributed by atoms with Crippen LogP contribution >= 0.6 is 0 Å². The minimum atomic E-state index is -0.147. The van der Waals surface area contributed by atoms with Crippen molar-refractivity contribution in [1.29, 1.82) is 0 Å². The van der Waals surface area contributed by atoms with Crippen molar-refractivity contribution >= 4 is 21.7 Å². The van der Waals surface area contributed by atoms with Gasteiger partial charge in [0.15, 0.2) is 0 Å². The summed E-state index contributed by atoms with van der Waals surface area (Å²) in [7, 11) is 0. The Kier molecular flexibility index (Phi) is 4.30. The second-order valence-corrected chi connectivity index (χ2v) is 7.23. The predicted octanol–water partition coefficient (Wildman–Crippen LogP) is 4.36. The van der Waals surface area contributed by atoms with Gasteiger partial charge in [0.25, 0.3) is 0 Å². The summed E-state index contributed by atoms with van der Waals surface area (Å²) in [5.41, 5.74) is 10.6. The van der Waals surface area contributed by atoms with E-state index in [9.17, 15) is 4.79 Å². The van der Waals surface area contributed by atoms with E-state index in [1.54, 1.807) is 4.57 Å². The summed E-state index contributed by atoms with van der Waals surface area (Å²) >= 11 is 0. The second-order valence-electron chi connectivity index (χ2n) is 7.23. The number of hydrogen-bond acceptors (Lipinski definition) is 2. The Labute approximate surface area is 167 Å². The molecule has 144 valence electrons. The van der Waals surface area contributed by atoms with Crippen molar-refractivity contribution in [1.82, 2.24) is 14.5 Å². The lowest BCUT2D eigenvalue weighted by Crippen LogP contribution is -2.16. The molecule has 5 rings (SSSR count). The van der Waals surface area contributed by atoms with E-state index in [1.165, 1.54) is 0 Å². The highest BCUT2D eigenvalue weighted by molar-refractivity contribution is 5.98. The Balaban J connectivity index is 1.81. The normalized spacial score (nSPS) is 11.5. The molecule has 5 aromatic rings. The Bertz CT molecular complexity index is 1370. The molecule has 0 bridgehead atoms. The highest BCUT2D eigenvalue weighted by Gasteiger charge is 2.19. The number of hydrogen-bond donors (Lipinski definition) is 3. The number of aromatic amines is 2. The predicted molar refractivity (Wildman–Crippen MR) is 119 cm³/mol. The first kappa shape index (κ1) is 17.5. The van der Waals surface area contributed by atoms with Gasteiger partial charge in [-0.2, -0.15) is 0 Å². The van der Waals surface area contributed by atoms with Gasteiger partial charge in [0, 0.05) is 33.7 Å². The van der Waals surface area contributed by atoms with Crippen LogP contribution < -0.4 is 11.4 Å². The maximum Gasteiger partial charge on any atom is 0.330 e. The number of fused-ring (bicyclic) bond motifs is 2. The number of benzene rings is 3. The van der Waals surface area contributed by atoms with Crippen LogP contribution in [0.3, 0.4) is 0 Å². The standard InChI is InChI=1S/C24H22N4O/c25-14-6-12-20-23(18-10-3-4-11-19(18)27-20)22-15-26-24(29)28(22)21-13-5-8-16-7-1-2-9-17(16)21/h1-5,7-11,13,15,27H,6,12,14,25H2,(H,26,29). The first-order valence-electron chi connectivity index (χ1n) is 9.86. The average molecular weight is 382 g/mol. The van der Waals surface area contributed by atoms with Gasteiger partial charge >= 0.3 is 5.69 Å². The number of para-hydroxylation sites is 1. The van der Waals surface area contributed by atoms with E-state index in [0.717, 1.165) is 57.2 Å². The number of aryl methyl sites for hydroxylation is 1. The van der Waals surface area contributed by atoms with Crippen molar-refractivity contribution in [3.8, 4) is 16.9 Å². The summed E-state index contributed by atoms with van der Waals surface area (Å²) in [5.74, 6) is 0. The Morgan fingerprint density at radius 1 is 0.897 bits per heavy atom. The number of nitrogens with zero attached hydrogens (tertiary/aromatic N) is 1. The lowest BCUT2D eigenvalue weighted by Gasteiger charge is -2.12. The third-order valence-corrected chi connectivity index (χ3v) is 5.45.